The van der Waals surface area contributed by atoms with Gasteiger partial charge < -0.3 is 4.42 Å². The van der Waals surface area contributed by atoms with Crippen LogP contribution in [0.3, 0.4) is 0 Å². The highest BCUT2D eigenvalue weighted by Gasteiger charge is 2.17. The average molecular weight is 651 g/mol. The van der Waals surface area contributed by atoms with Gasteiger partial charge >= 0.3 is 0 Å². The highest BCUT2D eigenvalue weighted by Crippen LogP contribution is 2.40. The van der Waals surface area contributed by atoms with Crippen molar-refractivity contribution in [2.24, 2.45) is 0 Å². The monoisotopic (exact) mass is 650 g/mol. The predicted molar refractivity (Wildman–Crippen MR) is 212 cm³/mol. The zero-order valence-corrected chi connectivity index (χ0v) is 27.6. The van der Waals surface area contributed by atoms with Crippen LogP contribution in [0, 0.1) is 0 Å². The lowest BCUT2D eigenvalue weighted by Gasteiger charge is -2.14. The first-order valence-electron chi connectivity index (χ1n) is 17.2. The van der Waals surface area contributed by atoms with Crippen LogP contribution < -0.4 is 0 Å². The minimum atomic E-state index is 0.691. The highest BCUT2D eigenvalue weighted by molar-refractivity contribution is 6.12. The van der Waals surface area contributed by atoms with Crippen LogP contribution in [0.4, 0.5) is 0 Å². The fraction of sp³-hybridized carbons (Fsp3) is 0. The van der Waals surface area contributed by atoms with E-state index in [9.17, 15) is 0 Å². The Bertz CT molecular complexity index is 2920. The Morgan fingerprint density at radius 3 is 1.88 bits per heavy atom. The topological polar surface area (TPSA) is 38.9 Å². The molecule has 3 heteroatoms. The van der Waals surface area contributed by atoms with E-state index < -0.39 is 0 Å². The molecule has 0 bridgehead atoms. The molecule has 0 aliphatic rings. The molecule has 8 aromatic carbocycles. The molecule has 0 radical (unpaired) electrons. The summed E-state index contributed by atoms with van der Waals surface area (Å²) in [5.74, 6) is 0.691. The van der Waals surface area contributed by atoms with Crippen molar-refractivity contribution in [3.05, 3.63) is 182 Å². The average Bonchev–Trinajstić information content (AvgIpc) is 3.59. The molecule has 238 valence electrons. The molecule has 0 saturated heterocycles. The quantitative estimate of drug-likeness (QED) is 0.186. The largest absolute Gasteiger partial charge is 0.456 e. The number of nitrogens with zero attached hydrogens (tertiary/aromatic N) is 2. The van der Waals surface area contributed by atoms with Crippen LogP contribution in [0.15, 0.2) is 186 Å². The van der Waals surface area contributed by atoms with E-state index in [-0.39, 0.29) is 0 Å². The smallest absolute Gasteiger partial charge is 0.160 e. The lowest BCUT2D eigenvalue weighted by atomic mass is 9.92. The molecule has 0 spiro atoms. The zero-order valence-electron chi connectivity index (χ0n) is 27.6. The van der Waals surface area contributed by atoms with Crippen molar-refractivity contribution in [2.45, 2.75) is 0 Å². The summed E-state index contributed by atoms with van der Waals surface area (Å²) in [6.07, 6.45) is 0. The summed E-state index contributed by atoms with van der Waals surface area (Å²) in [4.78, 5) is 10.6. The molecular weight excluding hydrogens is 621 g/mol. The van der Waals surface area contributed by atoms with Crippen molar-refractivity contribution < 1.29 is 4.42 Å². The molecule has 0 atom stereocenters. The van der Waals surface area contributed by atoms with Crippen molar-refractivity contribution in [3.8, 4) is 56.2 Å². The van der Waals surface area contributed by atoms with Crippen LogP contribution >= 0.6 is 0 Å². The van der Waals surface area contributed by atoms with Crippen LogP contribution in [-0.4, -0.2) is 9.97 Å². The minimum absolute atomic E-state index is 0.691. The van der Waals surface area contributed by atoms with Crippen molar-refractivity contribution >= 4 is 43.5 Å². The normalized spacial score (nSPS) is 11.5. The molecular formula is C48H30N2O. The van der Waals surface area contributed by atoms with Gasteiger partial charge in [0, 0.05) is 27.5 Å². The molecule has 0 amide bonds. The van der Waals surface area contributed by atoms with Crippen LogP contribution in [0.5, 0.6) is 0 Å². The fourth-order valence-electron chi connectivity index (χ4n) is 7.38. The maximum absolute atomic E-state index is 6.32. The van der Waals surface area contributed by atoms with Gasteiger partial charge in [0.1, 0.15) is 11.2 Å². The predicted octanol–water partition coefficient (Wildman–Crippen LogP) is 13.0. The van der Waals surface area contributed by atoms with Gasteiger partial charge in [-0.15, -0.1) is 0 Å². The number of para-hydroxylation sites is 1. The standard InChI is InChI=1S/C48H30N2O/c1-2-12-31(13-3-1)36-27-37(40-20-11-23-46-47(40)42-19-8-9-22-45(42)51-46)29-38(28-36)43-30-44(41-21-10-17-33-15-6-7-18-39(33)41)50-48(49-43)35-25-24-32-14-4-5-16-34(32)26-35/h1-30H. The maximum atomic E-state index is 6.32. The molecule has 0 saturated carbocycles. The van der Waals surface area contributed by atoms with Crippen LogP contribution in [0.2, 0.25) is 0 Å². The minimum Gasteiger partial charge on any atom is -0.456 e. The van der Waals surface area contributed by atoms with Gasteiger partial charge in [-0.05, 0) is 86.3 Å². The SMILES string of the molecule is c1ccc(-c2cc(-c3cc(-c4cccc5ccccc45)nc(-c4ccc5ccccc5c4)n3)cc(-c3cccc4oc5ccccc5c34)c2)cc1. The number of furan rings is 1. The molecule has 10 rings (SSSR count). The van der Waals surface area contributed by atoms with Crippen molar-refractivity contribution in [3.63, 3.8) is 0 Å². The molecule has 10 aromatic rings. The highest BCUT2D eigenvalue weighted by atomic mass is 16.3. The van der Waals surface area contributed by atoms with Crippen LogP contribution in [0.1, 0.15) is 0 Å². The Balaban J connectivity index is 1.25. The van der Waals surface area contributed by atoms with E-state index in [0.29, 0.717) is 5.82 Å². The summed E-state index contributed by atoms with van der Waals surface area (Å²) in [6, 6.07) is 64.0. The third-order valence-corrected chi connectivity index (χ3v) is 9.85. The van der Waals surface area contributed by atoms with E-state index in [1.54, 1.807) is 0 Å². The number of rotatable bonds is 5. The number of benzene rings is 8. The first-order chi connectivity index (χ1) is 25.2. The van der Waals surface area contributed by atoms with E-state index in [2.05, 4.69) is 170 Å². The molecule has 51 heavy (non-hydrogen) atoms. The molecule has 0 fully saturated rings. The van der Waals surface area contributed by atoms with E-state index in [1.807, 2.05) is 12.1 Å². The number of hydrogen-bond donors (Lipinski definition) is 0. The number of hydrogen-bond acceptors (Lipinski definition) is 3. The first kappa shape index (κ1) is 29.1. The van der Waals surface area contributed by atoms with E-state index in [4.69, 9.17) is 14.4 Å². The van der Waals surface area contributed by atoms with Crippen molar-refractivity contribution in [1.29, 1.82) is 0 Å². The Kier molecular flexibility index (Phi) is 6.81. The van der Waals surface area contributed by atoms with Crippen molar-refractivity contribution in [2.75, 3.05) is 0 Å². The van der Waals surface area contributed by atoms with Crippen LogP contribution in [0.25, 0.3) is 99.6 Å². The van der Waals surface area contributed by atoms with E-state index >= 15 is 0 Å². The number of fused-ring (bicyclic) bond motifs is 5. The Morgan fingerprint density at radius 2 is 0.980 bits per heavy atom. The molecule has 3 nitrogen and oxygen atoms in total. The molecule has 2 heterocycles. The maximum Gasteiger partial charge on any atom is 0.160 e. The molecule has 2 aromatic heterocycles. The molecule has 0 N–H and O–H groups in total. The van der Waals surface area contributed by atoms with Gasteiger partial charge in [-0.25, -0.2) is 9.97 Å². The van der Waals surface area contributed by atoms with Crippen molar-refractivity contribution in [1.82, 2.24) is 9.97 Å². The fourth-order valence-corrected chi connectivity index (χ4v) is 7.38. The Labute approximate surface area is 295 Å². The van der Waals surface area contributed by atoms with Gasteiger partial charge in [0.05, 0.1) is 11.4 Å². The zero-order chi connectivity index (χ0) is 33.7. The summed E-state index contributed by atoms with van der Waals surface area (Å²) in [6.45, 7) is 0. The first-order valence-corrected chi connectivity index (χ1v) is 17.2. The van der Waals surface area contributed by atoms with E-state index in [1.165, 1.54) is 10.8 Å². The second kappa shape index (κ2) is 11.9. The van der Waals surface area contributed by atoms with Gasteiger partial charge in [-0.2, -0.15) is 0 Å². The summed E-state index contributed by atoms with van der Waals surface area (Å²) in [5.41, 5.74) is 11.0. The molecule has 0 unspecified atom stereocenters. The lowest BCUT2D eigenvalue weighted by Crippen LogP contribution is -1.97. The third-order valence-electron chi connectivity index (χ3n) is 9.85. The Hall–Kier alpha value is -6.84. The molecule has 0 aliphatic heterocycles. The van der Waals surface area contributed by atoms with E-state index in [0.717, 1.165) is 83.0 Å². The van der Waals surface area contributed by atoms with Crippen LogP contribution in [-0.2, 0) is 0 Å². The molecule has 0 aliphatic carbocycles. The second-order valence-corrected chi connectivity index (χ2v) is 13.0. The van der Waals surface area contributed by atoms with Gasteiger partial charge in [0.2, 0.25) is 0 Å². The second-order valence-electron chi connectivity index (χ2n) is 13.0. The third kappa shape index (κ3) is 5.15. The van der Waals surface area contributed by atoms with Gasteiger partial charge in [-0.1, -0.05) is 140 Å². The Morgan fingerprint density at radius 1 is 0.333 bits per heavy atom. The summed E-state index contributed by atoms with van der Waals surface area (Å²) < 4.78 is 6.32. The lowest BCUT2D eigenvalue weighted by molar-refractivity contribution is 0.669. The van der Waals surface area contributed by atoms with Gasteiger partial charge in [0.15, 0.2) is 5.82 Å². The summed E-state index contributed by atoms with van der Waals surface area (Å²) >= 11 is 0. The van der Waals surface area contributed by atoms with Gasteiger partial charge in [-0.3, -0.25) is 0 Å². The number of aromatic nitrogens is 2. The van der Waals surface area contributed by atoms with Gasteiger partial charge in [0.25, 0.3) is 0 Å². The summed E-state index contributed by atoms with van der Waals surface area (Å²) in [5, 5.41) is 6.90. The summed E-state index contributed by atoms with van der Waals surface area (Å²) in [7, 11) is 0.